The molecular weight excluding hydrogens is 258 g/mol. The molecule has 1 heterocycles. The Bertz CT molecular complexity index is 387. The van der Waals surface area contributed by atoms with Crippen molar-refractivity contribution in [2.45, 2.75) is 25.8 Å². The van der Waals surface area contributed by atoms with E-state index in [4.69, 9.17) is 0 Å². The molecule has 3 nitrogen and oxygen atoms in total. The standard InChI is InChI=1S/C18H29N3/c1-2-17-6-8-18(9-7-17)16-21-14-4-12-19-10-3-11-20-13-5-15-21/h2,6-9,19-20H,1,3-5,10-16H2. The van der Waals surface area contributed by atoms with Crippen molar-refractivity contribution >= 4 is 6.08 Å². The van der Waals surface area contributed by atoms with Gasteiger partial charge in [0, 0.05) is 6.54 Å². The molecule has 0 radical (unpaired) electrons. The van der Waals surface area contributed by atoms with E-state index in [1.807, 2.05) is 6.08 Å². The number of rotatable bonds is 3. The van der Waals surface area contributed by atoms with E-state index in [9.17, 15) is 0 Å². The Morgan fingerprint density at radius 2 is 1.48 bits per heavy atom. The van der Waals surface area contributed by atoms with E-state index in [0.29, 0.717) is 0 Å². The summed E-state index contributed by atoms with van der Waals surface area (Å²) in [4.78, 5) is 2.58. The molecule has 1 aromatic rings. The molecule has 116 valence electrons. The van der Waals surface area contributed by atoms with Gasteiger partial charge in [-0.2, -0.15) is 0 Å². The van der Waals surface area contributed by atoms with Crippen LogP contribution in [-0.2, 0) is 6.54 Å². The van der Waals surface area contributed by atoms with E-state index in [1.54, 1.807) is 0 Å². The van der Waals surface area contributed by atoms with Gasteiger partial charge in [-0.25, -0.2) is 0 Å². The fraction of sp³-hybridized carbons (Fsp3) is 0.556. The quantitative estimate of drug-likeness (QED) is 0.894. The molecule has 1 fully saturated rings. The summed E-state index contributed by atoms with van der Waals surface area (Å²) in [5, 5.41) is 7.05. The predicted octanol–water partition coefficient (Wildman–Crippen LogP) is 2.49. The van der Waals surface area contributed by atoms with Gasteiger partial charge >= 0.3 is 0 Å². The van der Waals surface area contributed by atoms with Crippen molar-refractivity contribution in [2.75, 3.05) is 39.3 Å². The molecule has 3 heteroatoms. The second-order valence-electron chi connectivity index (χ2n) is 5.78. The Morgan fingerprint density at radius 3 is 2.05 bits per heavy atom. The van der Waals surface area contributed by atoms with E-state index in [1.165, 1.54) is 43.5 Å². The smallest absolute Gasteiger partial charge is 0.0233 e. The average Bonchev–Trinajstić information content (AvgIpc) is 2.51. The van der Waals surface area contributed by atoms with Gasteiger partial charge in [0.1, 0.15) is 0 Å². The van der Waals surface area contributed by atoms with Crippen LogP contribution in [0.3, 0.4) is 0 Å². The Morgan fingerprint density at radius 1 is 0.905 bits per heavy atom. The molecule has 1 saturated heterocycles. The minimum atomic E-state index is 1.05. The van der Waals surface area contributed by atoms with Gasteiger partial charge < -0.3 is 10.6 Å². The maximum atomic E-state index is 3.81. The van der Waals surface area contributed by atoms with Crippen molar-refractivity contribution < 1.29 is 0 Å². The predicted molar refractivity (Wildman–Crippen MR) is 91.4 cm³/mol. The van der Waals surface area contributed by atoms with Crippen molar-refractivity contribution in [3.63, 3.8) is 0 Å². The molecule has 2 N–H and O–H groups in total. The van der Waals surface area contributed by atoms with Gasteiger partial charge in [-0.05, 0) is 69.7 Å². The van der Waals surface area contributed by atoms with Crippen LogP contribution in [0.5, 0.6) is 0 Å². The van der Waals surface area contributed by atoms with Crippen LogP contribution >= 0.6 is 0 Å². The topological polar surface area (TPSA) is 27.3 Å². The monoisotopic (exact) mass is 287 g/mol. The highest BCUT2D eigenvalue weighted by Gasteiger charge is 2.06. The van der Waals surface area contributed by atoms with Crippen molar-refractivity contribution in [3.8, 4) is 0 Å². The normalized spacial score (nSPS) is 19.4. The lowest BCUT2D eigenvalue weighted by Gasteiger charge is -2.23. The lowest BCUT2D eigenvalue weighted by atomic mass is 10.1. The lowest BCUT2D eigenvalue weighted by molar-refractivity contribution is 0.255. The number of benzene rings is 1. The van der Waals surface area contributed by atoms with Gasteiger partial charge in [0.15, 0.2) is 0 Å². The Labute approximate surface area is 129 Å². The third kappa shape index (κ3) is 6.42. The van der Waals surface area contributed by atoms with Crippen LogP contribution in [-0.4, -0.2) is 44.2 Å². The first-order valence-corrected chi connectivity index (χ1v) is 8.23. The second-order valence-corrected chi connectivity index (χ2v) is 5.78. The van der Waals surface area contributed by atoms with Crippen LogP contribution in [0, 0.1) is 0 Å². The number of hydrogen-bond acceptors (Lipinski definition) is 3. The van der Waals surface area contributed by atoms with Gasteiger partial charge in [-0.3, -0.25) is 4.90 Å². The zero-order chi connectivity index (χ0) is 14.8. The van der Waals surface area contributed by atoms with E-state index in [0.717, 1.165) is 32.7 Å². The molecule has 1 aliphatic heterocycles. The molecule has 2 rings (SSSR count). The fourth-order valence-corrected chi connectivity index (χ4v) is 2.73. The summed E-state index contributed by atoms with van der Waals surface area (Å²) in [6, 6.07) is 8.76. The molecule has 0 bridgehead atoms. The molecule has 0 unspecified atom stereocenters. The van der Waals surface area contributed by atoms with Crippen molar-refractivity contribution in [1.29, 1.82) is 0 Å². The Kier molecular flexibility index (Phi) is 7.50. The molecule has 0 saturated carbocycles. The highest BCUT2D eigenvalue weighted by molar-refractivity contribution is 5.47. The van der Waals surface area contributed by atoms with Crippen LogP contribution in [0.1, 0.15) is 30.4 Å². The largest absolute Gasteiger partial charge is 0.317 e. The van der Waals surface area contributed by atoms with Gasteiger partial charge in [-0.15, -0.1) is 0 Å². The third-order valence-corrected chi connectivity index (χ3v) is 3.98. The molecule has 0 aliphatic carbocycles. The van der Waals surface area contributed by atoms with Crippen LogP contribution in [0.25, 0.3) is 6.08 Å². The van der Waals surface area contributed by atoms with Crippen LogP contribution in [0.2, 0.25) is 0 Å². The minimum Gasteiger partial charge on any atom is -0.317 e. The fourth-order valence-electron chi connectivity index (χ4n) is 2.73. The van der Waals surface area contributed by atoms with Gasteiger partial charge in [0.25, 0.3) is 0 Å². The third-order valence-electron chi connectivity index (χ3n) is 3.98. The Balaban J connectivity index is 1.85. The summed E-state index contributed by atoms with van der Waals surface area (Å²) < 4.78 is 0. The summed E-state index contributed by atoms with van der Waals surface area (Å²) in [6.07, 6.45) is 5.60. The van der Waals surface area contributed by atoms with Gasteiger partial charge in [0.05, 0.1) is 0 Å². The Hall–Kier alpha value is -1.16. The SMILES string of the molecule is C=Cc1ccc(CN2CCCNCCCNCCC2)cc1. The molecule has 0 aromatic heterocycles. The lowest BCUT2D eigenvalue weighted by Crippen LogP contribution is -2.32. The molecule has 0 amide bonds. The van der Waals surface area contributed by atoms with Crippen LogP contribution in [0.4, 0.5) is 0 Å². The molecule has 1 aromatic carbocycles. The van der Waals surface area contributed by atoms with Crippen molar-refractivity contribution in [3.05, 3.63) is 42.0 Å². The second kappa shape index (κ2) is 9.72. The first kappa shape index (κ1) is 16.2. The van der Waals surface area contributed by atoms with Crippen LogP contribution < -0.4 is 10.6 Å². The first-order valence-electron chi connectivity index (χ1n) is 8.23. The molecule has 21 heavy (non-hydrogen) atoms. The molecule has 0 spiro atoms. The van der Waals surface area contributed by atoms with E-state index in [-0.39, 0.29) is 0 Å². The highest BCUT2D eigenvalue weighted by Crippen LogP contribution is 2.09. The number of nitrogens with zero attached hydrogens (tertiary/aromatic N) is 1. The summed E-state index contributed by atoms with van der Waals surface area (Å²) in [5.41, 5.74) is 2.59. The number of hydrogen-bond donors (Lipinski definition) is 2. The summed E-state index contributed by atoms with van der Waals surface area (Å²) >= 11 is 0. The van der Waals surface area contributed by atoms with Gasteiger partial charge in [-0.1, -0.05) is 36.9 Å². The van der Waals surface area contributed by atoms with E-state index >= 15 is 0 Å². The maximum absolute atomic E-state index is 3.81. The zero-order valence-electron chi connectivity index (χ0n) is 13.1. The summed E-state index contributed by atoms with van der Waals surface area (Å²) in [5.74, 6) is 0. The van der Waals surface area contributed by atoms with Gasteiger partial charge in [0.2, 0.25) is 0 Å². The van der Waals surface area contributed by atoms with E-state index in [2.05, 4.69) is 46.4 Å². The molecular formula is C18H29N3. The minimum absolute atomic E-state index is 1.05. The van der Waals surface area contributed by atoms with E-state index < -0.39 is 0 Å². The summed E-state index contributed by atoms with van der Waals surface area (Å²) in [6.45, 7) is 11.7. The van der Waals surface area contributed by atoms with Crippen LogP contribution in [0.15, 0.2) is 30.8 Å². The zero-order valence-corrected chi connectivity index (χ0v) is 13.1. The summed E-state index contributed by atoms with van der Waals surface area (Å²) in [7, 11) is 0. The average molecular weight is 287 g/mol. The number of nitrogens with one attached hydrogen (secondary N) is 2. The highest BCUT2D eigenvalue weighted by atomic mass is 15.1. The molecule has 1 aliphatic rings. The van der Waals surface area contributed by atoms with Crippen molar-refractivity contribution in [1.82, 2.24) is 15.5 Å². The molecule has 0 atom stereocenters. The van der Waals surface area contributed by atoms with Crippen molar-refractivity contribution in [2.24, 2.45) is 0 Å². The maximum Gasteiger partial charge on any atom is 0.0233 e. The first-order chi connectivity index (χ1) is 10.4.